The second-order valence-electron chi connectivity index (χ2n) is 7.16. The van der Waals surface area contributed by atoms with Gasteiger partial charge in [-0.15, -0.1) is 5.10 Å². The molecule has 7 heteroatoms. The molecule has 1 atom stereocenters. The van der Waals surface area contributed by atoms with E-state index in [0.717, 1.165) is 5.69 Å². The van der Waals surface area contributed by atoms with Crippen LogP contribution in [0.15, 0.2) is 6.20 Å². The van der Waals surface area contributed by atoms with Gasteiger partial charge in [0.15, 0.2) is 0 Å². The molecule has 0 aliphatic carbocycles. The van der Waals surface area contributed by atoms with Crippen LogP contribution < -0.4 is 10.6 Å². The average Bonchev–Trinajstić information content (AvgIpc) is 2.77. The Hall–Kier alpha value is -1.63. The Morgan fingerprint density at radius 3 is 2.45 bits per heavy atom. The summed E-state index contributed by atoms with van der Waals surface area (Å²) in [6.45, 7) is 12.9. The zero-order chi connectivity index (χ0) is 17.0. The maximum atomic E-state index is 11.8. The predicted octanol–water partition coefficient (Wildman–Crippen LogP) is 1.84. The van der Waals surface area contributed by atoms with Crippen LogP contribution in [0.3, 0.4) is 0 Å². The van der Waals surface area contributed by atoms with Gasteiger partial charge in [0.05, 0.1) is 5.69 Å². The third-order valence-corrected chi connectivity index (χ3v) is 3.60. The fourth-order valence-corrected chi connectivity index (χ4v) is 1.81. The Balaban J connectivity index is 2.57. The number of amides is 1. The molecule has 0 aliphatic heterocycles. The van der Waals surface area contributed by atoms with Crippen molar-refractivity contribution in [2.24, 2.45) is 13.0 Å². The van der Waals surface area contributed by atoms with Gasteiger partial charge >= 0.3 is 6.09 Å². The molecule has 7 nitrogen and oxygen atoms in total. The Bertz CT molecular complexity index is 492. The molecule has 0 saturated carbocycles. The molecule has 1 amide bonds. The smallest absolute Gasteiger partial charge is 0.407 e. The van der Waals surface area contributed by atoms with Crippen LogP contribution in [0, 0.1) is 5.92 Å². The van der Waals surface area contributed by atoms with Gasteiger partial charge in [-0.1, -0.05) is 19.1 Å². The van der Waals surface area contributed by atoms with E-state index < -0.39 is 11.7 Å². The number of carbonyl (C=O) groups is 1. The molecule has 2 N–H and O–H groups in total. The Kier molecular flexibility index (Phi) is 5.93. The van der Waals surface area contributed by atoms with Gasteiger partial charge in [0.1, 0.15) is 5.60 Å². The van der Waals surface area contributed by atoms with Crippen molar-refractivity contribution >= 4 is 6.09 Å². The summed E-state index contributed by atoms with van der Waals surface area (Å²) in [5, 5.41) is 14.3. The van der Waals surface area contributed by atoms with Crippen LogP contribution in [-0.4, -0.2) is 38.8 Å². The first-order valence-electron chi connectivity index (χ1n) is 7.59. The minimum Gasteiger partial charge on any atom is -0.444 e. The van der Waals surface area contributed by atoms with Gasteiger partial charge in [0.25, 0.3) is 0 Å². The van der Waals surface area contributed by atoms with Crippen molar-refractivity contribution in [1.82, 2.24) is 25.6 Å². The molecule has 22 heavy (non-hydrogen) atoms. The van der Waals surface area contributed by atoms with Gasteiger partial charge in [-0.2, -0.15) is 0 Å². The quantitative estimate of drug-likeness (QED) is 0.838. The molecular formula is C15H29N5O2. The fraction of sp³-hybridized carbons (Fsp3) is 0.800. The Labute approximate surface area is 132 Å². The zero-order valence-corrected chi connectivity index (χ0v) is 14.7. The highest BCUT2D eigenvalue weighted by molar-refractivity contribution is 5.67. The molecule has 0 saturated heterocycles. The number of aromatic nitrogens is 3. The van der Waals surface area contributed by atoms with Gasteiger partial charge in [-0.3, -0.25) is 4.68 Å². The number of aryl methyl sites for hydroxylation is 1. The lowest BCUT2D eigenvalue weighted by atomic mass is 9.88. The summed E-state index contributed by atoms with van der Waals surface area (Å²) in [4.78, 5) is 11.8. The third kappa shape index (κ3) is 6.01. The van der Waals surface area contributed by atoms with E-state index in [1.54, 1.807) is 4.68 Å². The van der Waals surface area contributed by atoms with E-state index >= 15 is 0 Å². The zero-order valence-electron chi connectivity index (χ0n) is 14.7. The minimum absolute atomic E-state index is 0.269. The van der Waals surface area contributed by atoms with E-state index in [-0.39, 0.29) is 5.54 Å². The van der Waals surface area contributed by atoms with Crippen LogP contribution in [0.2, 0.25) is 0 Å². The summed E-state index contributed by atoms with van der Waals surface area (Å²) in [5.74, 6) is 0.319. The van der Waals surface area contributed by atoms with Crippen molar-refractivity contribution < 1.29 is 9.53 Å². The Morgan fingerprint density at radius 1 is 1.36 bits per heavy atom. The van der Waals surface area contributed by atoms with Crippen molar-refractivity contribution in [3.05, 3.63) is 11.9 Å². The van der Waals surface area contributed by atoms with Crippen molar-refractivity contribution in [1.29, 1.82) is 0 Å². The van der Waals surface area contributed by atoms with Gasteiger partial charge in [0.2, 0.25) is 0 Å². The van der Waals surface area contributed by atoms with E-state index in [4.69, 9.17) is 4.74 Å². The lowest BCUT2D eigenvalue weighted by Crippen LogP contribution is -2.55. The normalized spacial score (nSPS) is 14.7. The number of alkyl carbamates (subject to hydrolysis) is 1. The molecule has 1 aromatic rings. The number of carbonyl (C=O) groups excluding carboxylic acids is 1. The topological polar surface area (TPSA) is 81.1 Å². The second kappa shape index (κ2) is 7.09. The van der Waals surface area contributed by atoms with E-state index in [1.165, 1.54) is 0 Å². The molecule has 1 heterocycles. The average molecular weight is 311 g/mol. The number of hydrogen-bond acceptors (Lipinski definition) is 5. The first-order chi connectivity index (χ1) is 10.0. The van der Waals surface area contributed by atoms with Crippen LogP contribution in [0.1, 0.15) is 47.2 Å². The molecule has 0 aromatic carbocycles. The van der Waals surface area contributed by atoms with Crippen molar-refractivity contribution in [3.63, 3.8) is 0 Å². The molecule has 0 aliphatic rings. The number of nitrogens with one attached hydrogen (secondary N) is 2. The number of rotatable bonds is 6. The van der Waals surface area contributed by atoms with Crippen LogP contribution in [0.25, 0.3) is 0 Å². The summed E-state index contributed by atoms with van der Waals surface area (Å²) >= 11 is 0. The van der Waals surface area contributed by atoms with Gasteiger partial charge in [0, 0.05) is 31.9 Å². The maximum Gasteiger partial charge on any atom is 0.407 e. The van der Waals surface area contributed by atoms with Crippen molar-refractivity contribution in [2.45, 2.75) is 59.2 Å². The standard InChI is InChI=1S/C15H29N5O2/c1-11(2)15(6,10-16-13(21)22-14(3,4)5)17-8-12-9-20(7)19-18-12/h9,11,17H,8,10H2,1-7H3,(H,16,21)/t15-/m1/s1. The number of ether oxygens (including phenoxy) is 1. The summed E-state index contributed by atoms with van der Waals surface area (Å²) in [6.07, 6.45) is 1.47. The number of hydrogen-bond donors (Lipinski definition) is 2. The molecule has 0 spiro atoms. The van der Waals surface area contributed by atoms with Crippen LogP contribution in [0.4, 0.5) is 4.79 Å². The summed E-state index contributed by atoms with van der Waals surface area (Å²) in [7, 11) is 1.84. The monoisotopic (exact) mass is 311 g/mol. The molecular weight excluding hydrogens is 282 g/mol. The highest BCUT2D eigenvalue weighted by Crippen LogP contribution is 2.16. The van der Waals surface area contributed by atoms with E-state index in [2.05, 4.69) is 41.7 Å². The van der Waals surface area contributed by atoms with Gasteiger partial charge in [-0.25, -0.2) is 4.79 Å². The molecule has 0 fully saturated rings. The highest BCUT2D eigenvalue weighted by Gasteiger charge is 2.29. The van der Waals surface area contributed by atoms with E-state index in [0.29, 0.717) is 19.0 Å². The van der Waals surface area contributed by atoms with Gasteiger partial charge < -0.3 is 15.4 Å². The molecule has 0 bridgehead atoms. The molecule has 1 rings (SSSR count). The highest BCUT2D eigenvalue weighted by atomic mass is 16.6. The van der Waals surface area contributed by atoms with E-state index in [9.17, 15) is 4.79 Å². The lowest BCUT2D eigenvalue weighted by molar-refractivity contribution is 0.0503. The summed E-state index contributed by atoms with van der Waals surface area (Å²) in [5.41, 5.74) is 0.103. The second-order valence-corrected chi connectivity index (χ2v) is 7.16. The lowest BCUT2D eigenvalue weighted by Gasteiger charge is -2.35. The fourth-order valence-electron chi connectivity index (χ4n) is 1.81. The SMILES string of the molecule is CC(C)[C@@](C)(CNC(=O)OC(C)(C)C)NCc1cn(C)nn1. The van der Waals surface area contributed by atoms with Crippen LogP contribution in [-0.2, 0) is 18.3 Å². The van der Waals surface area contributed by atoms with Crippen LogP contribution >= 0.6 is 0 Å². The summed E-state index contributed by atoms with van der Waals surface area (Å²) in [6, 6.07) is 0. The maximum absolute atomic E-state index is 11.8. The minimum atomic E-state index is -0.495. The predicted molar refractivity (Wildman–Crippen MR) is 85.3 cm³/mol. The Morgan fingerprint density at radius 2 is 2.00 bits per heavy atom. The largest absolute Gasteiger partial charge is 0.444 e. The molecule has 0 radical (unpaired) electrons. The molecule has 0 unspecified atom stereocenters. The molecule has 126 valence electrons. The van der Waals surface area contributed by atoms with Crippen molar-refractivity contribution in [3.8, 4) is 0 Å². The van der Waals surface area contributed by atoms with Gasteiger partial charge in [-0.05, 0) is 33.6 Å². The van der Waals surface area contributed by atoms with Crippen molar-refractivity contribution in [2.75, 3.05) is 6.54 Å². The summed E-state index contributed by atoms with van der Waals surface area (Å²) < 4.78 is 6.94. The van der Waals surface area contributed by atoms with Crippen LogP contribution in [0.5, 0.6) is 0 Å². The molecule has 1 aromatic heterocycles. The third-order valence-electron chi connectivity index (χ3n) is 3.60. The van der Waals surface area contributed by atoms with E-state index in [1.807, 2.05) is 34.0 Å². The first kappa shape index (κ1) is 18.4. The first-order valence-corrected chi connectivity index (χ1v) is 7.59. The number of nitrogens with zero attached hydrogens (tertiary/aromatic N) is 3.